The van der Waals surface area contributed by atoms with Crippen LogP contribution in [0.2, 0.25) is 0 Å². The number of allylic oxidation sites excluding steroid dienone is 1. The van der Waals surface area contributed by atoms with Crippen LogP contribution in [0.4, 0.5) is 0 Å². The first kappa shape index (κ1) is 27.9. The first-order chi connectivity index (χ1) is 18.2. The Morgan fingerprint density at radius 3 is 2.14 bits per heavy atom. The maximum absolute atomic E-state index is 10.6. The minimum absolute atomic E-state index is 0.0206. The van der Waals surface area contributed by atoms with E-state index in [1.54, 1.807) is 0 Å². The topological polar surface area (TPSA) is 156 Å². The molecule has 0 saturated carbocycles. The van der Waals surface area contributed by atoms with Crippen LogP contribution in [0.1, 0.15) is 25.7 Å². The summed E-state index contributed by atoms with van der Waals surface area (Å²) in [5.74, 6) is -0.0195. The van der Waals surface area contributed by atoms with Gasteiger partial charge in [-0.05, 0) is 25.7 Å². The Hall–Kier alpha value is -2.17. The number of fused-ring (bicyclic) bond motifs is 1. The van der Waals surface area contributed by atoms with Crippen molar-refractivity contribution in [1.29, 1.82) is 0 Å². The number of azo groups is 2. The van der Waals surface area contributed by atoms with Gasteiger partial charge in [-0.3, -0.25) is 4.79 Å². The van der Waals surface area contributed by atoms with Gasteiger partial charge < -0.3 is 5.32 Å². The van der Waals surface area contributed by atoms with Gasteiger partial charge in [0.25, 0.3) is 0 Å². The average Bonchev–Trinajstić information content (AvgIpc) is 2.94. The summed E-state index contributed by atoms with van der Waals surface area (Å²) in [4.78, 5) is 11.4. The van der Waals surface area contributed by atoms with Crippen molar-refractivity contribution < 1.29 is 34.1 Å². The second kappa shape index (κ2) is 14.7. The zero-order valence-electron chi connectivity index (χ0n) is 19.8. The fourth-order valence-electron chi connectivity index (χ4n) is 4.66. The number of amides is 1. The quantitative estimate of drug-likeness (QED) is 0.0763. The highest BCUT2D eigenvalue weighted by Crippen LogP contribution is 2.39. The van der Waals surface area contributed by atoms with Crippen molar-refractivity contribution in [1.82, 2.24) is 5.32 Å². The molecule has 4 aliphatic carbocycles. The molecule has 12 nitrogen and oxygen atoms in total. The highest BCUT2D eigenvalue weighted by atomic mass is 32.2. The van der Waals surface area contributed by atoms with Crippen molar-refractivity contribution >= 4 is 30.5 Å². The Bertz CT molecular complexity index is 973. The molecule has 0 spiro atoms. The van der Waals surface area contributed by atoms with Crippen LogP contribution >= 0.6 is 24.1 Å². The number of carbonyl (C=O) groups excluding carboxylic acids is 1. The predicted octanol–water partition coefficient (Wildman–Crippen LogP) is 4.94. The first-order valence-corrected chi connectivity index (χ1v) is 13.5. The number of nitrogens with zero attached hydrogens (tertiary/aromatic N) is 4. The molecule has 8 unspecified atom stereocenters. The Kier molecular flexibility index (Phi) is 11.1. The summed E-state index contributed by atoms with van der Waals surface area (Å²) in [5, 5.41) is 45.5. The van der Waals surface area contributed by atoms with E-state index in [4.69, 9.17) is 10.5 Å². The zero-order chi connectivity index (χ0) is 25.9. The van der Waals surface area contributed by atoms with Crippen LogP contribution in [0.3, 0.4) is 0 Å². The minimum Gasteiger partial charge on any atom is -0.352 e. The van der Waals surface area contributed by atoms with E-state index < -0.39 is 0 Å². The van der Waals surface area contributed by atoms with Gasteiger partial charge in [-0.2, -0.15) is 20.5 Å². The molecular weight excluding hydrogens is 522 g/mol. The lowest BCUT2D eigenvalue weighted by Gasteiger charge is -2.34. The summed E-state index contributed by atoms with van der Waals surface area (Å²) >= 11 is 1.95. The van der Waals surface area contributed by atoms with Gasteiger partial charge in [-0.15, -0.1) is 8.67 Å². The van der Waals surface area contributed by atoms with Gasteiger partial charge in [0.2, 0.25) is 6.41 Å². The molecule has 0 aromatic carbocycles. The van der Waals surface area contributed by atoms with Crippen LogP contribution < -0.4 is 5.32 Å². The van der Waals surface area contributed by atoms with Crippen LogP contribution in [0.15, 0.2) is 80.0 Å². The van der Waals surface area contributed by atoms with Crippen LogP contribution in [-0.4, -0.2) is 52.4 Å². The second-order valence-corrected chi connectivity index (χ2v) is 10.6. The molecule has 0 aliphatic heterocycles. The standard InChI is InChI=1S/C23H29N5O7S2/c29-14-24-15-1-3-16(4-2-15)25-27-22-11-12-23(21-13-19(37-35-33-31)9-10-20(21)22)28-26-17-5-7-18(8-6-17)36-34-32-30/h1,3,5,7,9-18,20-23,30-31H,2,4,6,8H2,(H,24,29). The number of hydrogen-bond donors (Lipinski definition) is 3. The van der Waals surface area contributed by atoms with Crippen LogP contribution in [0, 0.1) is 11.8 Å². The maximum atomic E-state index is 10.6. The van der Waals surface area contributed by atoms with E-state index in [0.717, 1.165) is 61.1 Å². The molecule has 4 rings (SSSR count). The van der Waals surface area contributed by atoms with Crippen molar-refractivity contribution in [2.45, 2.75) is 61.1 Å². The van der Waals surface area contributed by atoms with Gasteiger partial charge >= 0.3 is 0 Å². The Labute approximate surface area is 222 Å². The molecule has 200 valence electrons. The monoisotopic (exact) mass is 551 g/mol. The van der Waals surface area contributed by atoms with E-state index in [1.807, 2.05) is 48.6 Å². The number of nitrogens with one attached hydrogen (secondary N) is 1. The Morgan fingerprint density at radius 1 is 0.811 bits per heavy atom. The van der Waals surface area contributed by atoms with Crippen molar-refractivity contribution in [3.05, 3.63) is 59.6 Å². The SMILES string of the molecule is O=CNC1C=CC(N=NC2C=CC(N=NC3C=CC(SOOO)CC3)C3C=C(SOOO)C=CC23)CC1. The molecule has 8 atom stereocenters. The highest BCUT2D eigenvalue weighted by molar-refractivity contribution is 7.98. The second-order valence-electron chi connectivity index (χ2n) is 8.86. The molecule has 0 saturated heterocycles. The normalized spacial score (nSPS) is 35.1. The van der Waals surface area contributed by atoms with E-state index in [9.17, 15) is 4.79 Å². The summed E-state index contributed by atoms with van der Waals surface area (Å²) < 4.78 is 9.14. The summed E-state index contributed by atoms with van der Waals surface area (Å²) in [7, 11) is 0. The van der Waals surface area contributed by atoms with E-state index >= 15 is 0 Å². The number of rotatable bonds is 12. The number of carbonyl (C=O) groups is 1. The summed E-state index contributed by atoms with van der Waals surface area (Å²) in [5.41, 5.74) is 0. The van der Waals surface area contributed by atoms with Gasteiger partial charge in [0, 0.05) is 34.8 Å². The zero-order valence-corrected chi connectivity index (χ0v) is 21.4. The van der Waals surface area contributed by atoms with Crippen LogP contribution in [0.25, 0.3) is 0 Å². The van der Waals surface area contributed by atoms with Crippen LogP contribution in [-0.2, 0) is 23.5 Å². The molecule has 0 heterocycles. The average molecular weight is 552 g/mol. The molecular formula is C23H29N5O7S2. The smallest absolute Gasteiger partial charge is 0.207 e. The van der Waals surface area contributed by atoms with E-state index in [0.29, 0.717) is 0 Å². The molecule has 0 aromatic rings. The molecule has 0 aromatic heterocycles. The summed E-state index contributed by atoms with van der Waals surface area (Å²) in [6.07, 6.45) is 21.9. The molecule has 0 bridgehead atoms. The summed E-state index contributed by atoms with van der Waals surface area (Å²) in [6, 6.07) is -0.384. The van der Waals surface area contributed by atoms with Gasteiger partial charge in [0.05, 0.1) is 41.5 Å². The number of hydrogen-bond acceptors (Lipinski definition) is 13. The lowest BCUT2D eigenvalue weighted by molar-refractivity contribution is -0.432. The highest BCUT2D eigenvalue weighted by Gasteiger charge is 2.36. The third-order valence-corrected chi connectivity index (χ3v) is 7.92. The van der Waals surface area contributed by atoms with Gasteiger partial charge in [0.15, 0.2) is 0 Å². The van der Waals surface area contributed by atoms with E-state index in [-0.39, 0.29) is 47.3 Å². The van der Waals surface area contributed by atoms with Crippen molar-refractivity contribution in [2.24, 2.45) is 32.3 Å². The fraction of sp³-hybridized carbons (Fsp3) is 0.522. The first-order valence-electron chi connectivity index (χ1n) is 11.9. The fourth-order valence-corrected chi connectivity index (χ4v) is 5.64. The van der Waals surface area contributed by atoms with Crippen molar-refractivity contribution in [3.63, 3.8) is 0 Å². The molecule has 0 radical (unpaired) electrons. The Morgan fingerprint density at radius 2 is 1.51 bits per heavy atom. The molecule has 1 amide bonds. The molecule has 14 heteroatoms. The van der Waals surface area contributed by atoms with Crippen molar-refractivity contribution in [2.75, 3.05) is 0 Å². The predicted molar refractivity (Wildman–Crippen MR) is 137 cm³/mol. The molecule has 0 fully saturated rings. The third-order valence-electron chi connectivity index (χ3n) is 6.54. The van der Waals surface area contributed by atoms with E-state index in [2.05, 4.69) is 50.6 Å². The summed E-state index contributed by atoms with van der Waals surface area (Å²) in [6.45, 7) is 0. The van der Waals surface area contributed by atoms with Gasteiger partial charge in [0.1, 0.15) is 0 Å². The van der Waals surface area contributed by atoms with Crippen molar-refractivity contribution in [3.8, 4) is 0 Å². The third kappa shape index (κ3) is 8.15. The minimum atomic E-state index is -0.205. The van der Waals surface area contributed by atoms with E-state index in [1.165, 1.54) is 0 Å². The molecule has 37 heavy (non-hydrogen) atoms. The van der Waals surface area contributed by atoms with Gasteiger partial charge in [-0.1, -0.05) is 64.8 Å². The lowest BCUT2D eigenvalue weighted by Crippen LogP contribution is -2.35. The van der Waals surface area contributed by atoms with Gasteiger partial charge in [-0.25, -0.2) is 10.5 Å². The molecule has 3 N–H and O–H groups in total. The maximum Gasteiger partial charge on any atom is 0.207 e. The molecule has 4 aliphatic rings. The largest absolute Gasteiger partial charge is 0.352 e. The lowest BCUT2D eigenvalue weighted by atomic mass is 9.75. The Balaban J connectivity index is 1.44. The van der Waals surface area contributed by atoms with Crippen LogP contribution in [0.5, 0.6) is 0 Å².